The number of rotatable bonds is 7. The first-order valence-electron chi connectivity index (χ1n) is 8.25. The van der Waals surface area contributed by atoms with Crippen molar-refractivity contribution in [2.24, 2.45) is 0 Å². The molecule has 1 N–H and O–H groups in total. The molecule has 0 atom stereocenters. The van der Waals surface area contributed by atoms with E-state index in [9.17, 15) is 13.6 Å². The molecule has 0 spiro atoms. The van der Waals surface area contributed by atoms with E-state index in [0.717, 1.165) is 12.7 Å². The molecular formula is C18H18F2N4O2S. The molecule has 0 saturated heterocycles. The standard InChI is InChI=1S/C18H18F2N4O2S/c1-3-27-17-22-15(14-8-9-21-23-14)10-16(25)24(17)12-4-6-13(7-5-12)26-11-18(2,19)20/h4-10H,3,11H2,1-2H3,(H,21,23). The van der Waals surface area contributed by atoms with Crippen LogP contribution in [0.1, 0.15) is 13.8 Å². The molecule has 0 amide bonds. The summed E-state index contributed by atoms with van der Waals surface area (Å²) in [6.07, 6.45) is 1.59. The molecule has 9 heteroatoms. The van der Waals surface area contributed by atoms with Crippen LogP contribution in [-0.4, -0.2) is 38.0 Å². The van der Waals surface area contributed by atoms with Crippen LogP contribution in [0.15, 0.2) is 52.5 Å². The van der Waals surface area contributed by atoms with Gasteiger partial charge in [0.25, 0.3) is 11.5 Å². The molecule has 0 aliphatic rings. The molecular weight excluding hydrogens is 374 g/mol. The minimum absolute atomic E-state index is 0.251. The van der Waals surface area contributed by atoms with Crippen molar-refractivity contribution in [1.29, 1.82) is 0 Å². The van der Waals surface area contributed by atoms with Crippen molar-refractivity contribution < 1.29 is 13.5 Å². The van der Waals surface area contributed by atoms with E-state index in [1.54, 1.807) is 36.5 Å². The Kier molecular flexibility index (Phi) is 5.59. The normalized spacial score (nSPS) is 11.6. The van der Waals surface area contributed by atoms with E-state index in [1.165, 1.54) is 22.4 Å². The smallest absolute Gasteiger partial charge is 0.278 e. The van der Waals surface area contributed by atoms with E-state index >= 15 is 0 Å². The molecule has 3 rings (SSSR count). The Morgan fingerprint density at radius 1 is 1.26 bits per heavy atom. The molecule has 0 saturated carbocycles. The van der Waals surface area contributed by atoms with Crippen molar-refractivity contribution in [1.82, 2.24) is 19.7 Å². The predicted molar refractivity (Wildman–Crippen MR) is 99.9 cm³/mol. The minimum Gasteiger partial charge on any atom is -0.487 e. The second-order valence-electron chi connectivity index (χ2n) is 5.85. The Morgan fingerprint density at radius 2 is 2.00 bits per heavy atom. The molecule has 0 unspecified atom stereocenters. The van der Waals surface area contributed by atoms with Gasteiger partial charge in [-0.3, -0.25) is 14.5 Å². The number of hydrogen-bond acceptors (Lipinski definition) is 5. The first-order chi connectivity index (χ1) is 12.9. The first-order valence-corrected chi connectivity index (χ1v) is 9.23. The van der Waals surface area contributed by atoms with Crippen molar-refractivity contribution in [2.75, 3.05) is 12.4 Å². The lowest BCUT2D eigenvalue weighted by Crippen LogP contribution is -2.22. The Morgan fingerprint density at radius 3 is 2.59 bits per heavy atom. The summed E-state index contributed by atoms with van der Waals surface area (Å²) in [4.78, 5) is 17.3. The summed E-state index contributed by atoms with van der Waals surface area (Å²) in [5.41, 5.74) is 1.49. The van der Waals surface area contributed by atoms with Crippen LogP contribution < -0.4 is 10.3 Å². The fourth-order valence-corrected chi connectivity index (χ4v) is 3.11. The molecule has 0 fully saturated rings. The molecule has 0 bridgehead atoms. The van der Waals surface area contributed by atoms with Gasteiger partial charge >= 0.3 is 0 Å². The van der Waals surface area contributed by atoms with E-state index in [1.807, 2.05) is 6.92 Å². The number of benzene rings is 1. The van der Waals surface area contributed by atoms with E-state index in [2.05, 4.69) is 15.2 Å². The van der Waals surface area contributed by atoms with Gasteiger partial charge in [-0.2, -0.15) is 5.10 Å². The Labute approximate surface area is 158 Å². The molecule has 0 radical (unpaired) electrons. The second kappa shape index (κ2) is 7.91. The maximum absolute atomic E-state index is 12.9. The van der Waals surface area contributed by atoms with Crippen LogP contribution in [0.5, 0.6) is 5.75 Å². The van der Waals surface area contributed by atoms with Gasteiger partial charge in [0, 0.05) is 19.2 Å². The van der Waals surface area contributed by atoms with Crippen molar-refractivity contribution in [3.05, 3.63) is 52.9 Å². The Bertz CT molecular complexity index is 951. The topological polar surface area (TPSA) is 72.8 Å². The molecule has 2 heterocycles. The quantitative estimate of drug-likeness (QED) is 0.489. The van der Waals surface area contributed by atoms with Gasteiger partial charge in [0.15, 0.2) is 11.8 Å². The summed E-state index contributed by atoms with van der Waals surface area (Å²) in [7, 11) is 0. The van der Waals surface area contributed by atoms with Crippen LogP contribution in [0.3, 0.4) is 0 Å². The SMILES string of the molecule is CCSc1nc(-c2ccn[nH]2)cc(=O)n1-c1ccc(OCC(C)(F)F)cc1. The highest BCUT2D eigenvalue weighted by Gasteiger charge is 2.22. The highest BCUT2D eigenvalue weighted by atomic mass is 32.2. The molecule has 0 aliphatic heterocycles. The van der Waals surface area contributed by atoms with Crippen LogP contribution >= 0.6 is 11.8 Å². The van der Waals surface area contributed by atoms with Crippen LogP contribution in [0.2, 0.25) is 0 Å². The molecule has 2 aromatic heterocycles. The zero-order chi connectivity index (χ0) is 19.4. The number of alkyl halides is 2. The van der Waals surface area contributed by atoms with Gasteiger partial charge in [0.2, 0.25) is 0 Å². The zero-order valence-corrected chi connectivity index (χ0v) is 15.6. The summed E-state index contributed by atoms with van der Waals surface area (Å²) < 4.78 is 32.4. The molecule has 6 nitrogen and oxygen atoms in total. The number of ether oxygens (including phenoxy) is 1. The van der Waals surface area contributed by atoms with Gasteiger partial charge in [-0.25, -0.2) is 13.8 Å². The van der Waals surface area contributed by atoms with Crippen molar-refractivity contribution in [2.45, 2.75) is 24.9 Å². The van der Waals surface area contributed by atoms with Gasteiger partial charge in [0.1, 0.15) is 5.75 Å². The Hall–Kier alpha value is -2.68. The fourth-order valence-electron chi connectivity index (χ4n) is 2.36. The maximum Gasteiger partial charge on any atom is 0.278 e. The predicted octanol–water partition coefficient (Wildman–Crippen LogP) is 3.77. The third-order valence-corrected chi connectivity index (χ3v) is 4.35. The van der Waals surface area contributed by atoms with Crippen molar-refractivity contribution >= 4 is 11.8 Å². The van der Waals surface area contributed by atoms with Gasteiger partial charge < -0.3 is 4.74 Å². The minimum atomic E-state index is -2.91. The molecule has 3 aromatic rings. The number of thioether (sulfide) groups is 1. The van der Waals surface area contributed by atoms with Crippen LogP contribution in [-0.2, 0) is 0 Å². The number of hydrogen-bond donors (Lipinski definition) is 1. The summed E-state index contributed by atoms with van der Waals surface area (Å²) in [5.74, 6) is -1.88. The molecule has 27 heavy (non-hydrogen) atoms. The third kappa shape index (κ3) is 4.73. The molecule has 1 aromatic carbocycles. The second-order valence-corrected chi connectivity index (χ2v) is 7.08. The van der Waals surface area contributed by atoms with Crippen LogP contribution in [0.25, 0.3) is 17.1 Å². The highest BCUT2D eigenvalue weighted by molar-refractivity contribution is 7.99. The first kappa shape index (κ1) is 19.1. The fraction of sp³-hybridized carbons (Fsp3) is 0.278. The number of halogens is 2. The third-order valence-electron chi connectivity index (χ3n) is 3.53. The highest BCUT2D eigenvalue weighted by Crippen LogP contribution is 2.23. The maximum atomic E-state index is 12.9. The largest absolute Gasteiger partial charge is 0.487 e. The summed E-state index contributed by atoms with van der Waals surface area (Å²) in [5, 5.41) is 7.21. The van der Waals surface area contributed by atoms with E-state index in [4.69, 9.17) is 4.74 Å². The average molecular weight is 392 g/mol. The van der Waals surface area contributed by atoms with Gasteiger partial charge in [0.05, 0.1) is 17.1 Å². The van der Waals surface area contributed by atoms with Gasteiger partial charge in [-0.1, -0.05) is 18.7 Å². The number of aromatic amines is 1. The summed E-state index contributed by atoms with van der Waals surface area (Å²) in [6, 6.07) is 9.55. The average Bonchev–Trinajstić information content (AvgIpc) is 3.15. The number of nitrogens with one attached hydrogen (secondary N) is 1. The molecule has 142 valence electrons. The van der Waals surface area contributed by atoms with Crippen LogP contribution in [0.4, 0.5) is 8.78 Å². The number of nitrogens with zero attached hydrogens (tertiary/aromatic N) is 3. The van der Waals surface area contributed by atoms with E-state index in [0.29, 0.717) is 28.0 Å². The van der Waals surface area contributed by atoms with Crippen LogP contribution in [0, 0.1) is 0 Å². The van der Waals surface area contributed by atoms with E-state index in [-0.39, 0.29) is 5.56 Å². The Balaban J connectivity index is 1.94. The monoisotopic (exact) mass is 392 g/mol. The van der Waals surface area contributed by atoms with Gasteiger partial charge in [-0.15, -0.1) is 0 Å². The summed E-state index contributed by atoms with van der Waals surface area (Å²) >= 11 is 1.43. The zero-order valence-electron chi connectivity index (χ0n) is 14.8. The van der Waals surface area contributed by atoms with Gasteiger partial charge in [-0.05, 0) is 36.1 Å². The van der Waals surface area contributed by atoms with Crippen molar-refractivity contribution in [3.63, 3.8) is 0 Å². The van der Waals surface area contributed by atoms with E-state index < -0.39 is 12.5 Å². The lowest BCUT2D eigenvalue weighted by Gasteiger charge is -2.14. The number of aromatic nitrogens is 4. The molecule has 0 aliphatic carbocycles. The van der Waals surface area contributed by atoms with Crippen molar-refractivity contribution in [3.8, 4) is 22.8 Å². The summed E-state index contributed by atoms with van der Waals surface area (Å²) in [6.45, 7) is 2.05. The lowest BCUT2D eigenvalue weighted by molar-refractivity contribution is -0.0229. The lowest BCUT2D eigenvalue weighted by atomic mass is 10.2. The number of H-pyrrole nitrogens is 1.